The molecule has 0 radical (unpaired) electrons. The average molecular weight is 895 g/mol. The molecule has 5 aromatic rings. The second kappa shape index (κ2) is 16.8. The van der Waals surface area contributed by atoms with Crippen molar-refractivity contribution in [3.63, 3.8) is 0 Å². The molecule has 52 heavy (non-hydrogen) atoms. The van der Waals surface area contributed by atoms with Crippen molar-refractivity contribution in [1.29, 1.82) is 0 Å². The molecule has 0 amide bonds. The highest BCUT2D eigenvalue weighted by atomic mass is 33.1. The Morgan fingerprint density at radius 2 is 0.519 bits per heavy atom. The summed E-state index contributed by atoms with van der Waals surface area (Å²) >= 11 is 5.62. The van der Waals surface area contributed by atoms with Crippen molar-refractivity contribution >= 4 is 109 Å². The molecule has 0 saturated carbocycles. The van der Waals surface area contributed by atoms with Gasteiger partial charge in [-0.05, 0) is 97.1 Å². The van der Waals surface area contributed by atoms with Crippen molar-refractivity contribution < 1.29 is 51.9 Å². The van der Waals surface area contributed by atoms with E-state index in [1.165, 1.54) is 94.1 Å². The summed E-state index contributed by atoms with van der Waals surface area (Å²) in [6.07, 6.45) is -2.71. The number of benzene rings is 5. The van der Waals surface area contributed by atoms with Gasteiger partial charge in [0.05, 0.1) is 32.2 Å². The van der Waals surface area contributed by atoms with Gasteiger partial charge in [0.25, 0.3) is 40.5 Å². The molecule has 12 nitrogen and oxygen atoms in total. The maximum atomic E-state index is 11.7. The van der Waals surface area contributed by atoms with Crippen molar-refractivity contribution in [1.82, 2.24) is 0 Å². The van der Waals surface area contributed by atoms with E-state index in [0.29, 0.717) is 19.6 Å². The number of hydrogen-bond acceptors (Lipinski definition) is 12. The Morgan fingerprint density at radius 3 is 0.692 bits per heavy atom. The molecule has 0 unspecified atom stereocenters. The van der Waals surface area contributed by atoms with Crippen LogP contribution in [-0.2, 0) is 40.5 Å². The summed E-state index contributed by atoms with van der Waals surface area (Å²) < 4.78 is 131. The van der Waals surface area contributed by atoms with E-state index in [0.717, 1.165) is 10.6 Å². The monoisotopic (exact) mass is 894 g/mol. The van der Waals surface area contributed by atoms with Crippen molar-refractivity contribution in [2.75, 3.05) is 0 Å². The summed E-state index contributed by atoms with van der Waals surface area (Å²) in [6, 6.07) is 30.1. The van der Waals surface area contributed by atoms with E-state index in [2.05, 4.69) is 0 Å². The molecule has 0 aliphatic heterocycles. The third-order valence-electron chi connectivity index (χ3n) is 6.51. The zero-order valence-corrected chi connectivity index (χ0v) is 34.1. The van der Waals surface area contributed by atoms with Crippen LogP contribution in [0, 0.1) is 0 Å². The molecular formula is C30H24O12P2S8. The molecule has 4 N–H and O–H groups in total. The summed E-state index contributed by atoms with van der Waals surface area (Å²) in [5.74, 6) is 0. The first kappa shape index (κ1) is 41.2. The van der Waals surface area contributed by atoms with Crippen LogP contribution in [0.25, 0.3) is 0 Å². The standard InChI is InChI=1S/C30H24O12P2S8/c31-49(32,33)25-13-5-21(6-14-25)45-43(46-22-7-15-26(16-8-22)50(34,35)36)29-3-1-2-4-30(29)44(47-23-9-17-27(18-10-23)51(37,38)39)48-24-11-19-28(20-12-24)52(40,41)42/h1-20H,(H,31,32,33)(H,34,35,36)(H,37,38,39)(H,40,41,42). The third-order valence-corrected chi connectivity index (χ3v) is 23.9. The van der Waals surface area contributed by atoms with Crippen molar-refractivity contribution in [3.8, 4) is 0 Å². The fourth-order valence-corrected chi connectivity index (χ4v) is 21.5. The Morgan fingerprint density at radius 1 is 0.327 bits per heavy atom. The summed E-state index contributed by atoms with van der Waals surface area (Å²) in [5.41, 5.74) is 0. The fraction of sp³-hybridized carbons (Fsp3) is 0. The summed E-state index contributed by atoms with van der Waals surface area (Å²) in [5, 5.41) is 1.72. The topological polar surface area (TPSA) is 217 Å². The fourth-order valence-electron chi connectivity index (χ4n) is 4.08. The minimum Gasteiger partial charge on any atom is -0.282 e. The predicted octanol–water partition coefficient (Wildman–Crippen LogP) is 7.72. The Kier molecular flexibility index (Phi) is 13.3. The van der Waals surface area contributed by atoms with Gasteiger partial charge < -0.3 is 0 Å². The van der Waals surface area contributed by atoms with Crippen molar-refractivity contribution in [2.45, 2.75) is 39.2 Å². The van der Waals surface area contributed by atoms with Crippen LogP contribution < -0.4 is 10.6 Å². The van der Waals surface area contributed by atoms with Gasteiger partial charge in [-0.3, -0.25) is 18.2 Å². The van der Waals surface area contributed by atoms with Crippen molar-refractivity contribution in [3.05, 3.63) is 121 Å². The van der Waals surface area contributed by atoms with Gasteiger partial charge >= 0.3 is 0 Å². The van der Waals surface area contributed by atoms with Crippen LogP contribution in [0.2, 0.25) is 0 Å². The van der Waals surface area contributed by atoms with E-state index in [-0.39, 0.29) is 19.6 Å². The molecular weight excluding hydrogens is 871 g/mol. The first-order valence-corrected chi connectivity index (χ1v) is 28.1. The molecule has 0 spiro atoms. The van der Waals surface area contributed by atoms with E-state index in [1.54, 1.807) is 48.5 Å². The molecule has 0 aliphatic carbocycles. The zero-order valence-electron chi connectivity index (χ0n) is 25.8. The predicted molar refractivity (Wildman–Crippen MR) is 208 cm³/mol. The summed E-state index contributed by atoms with van der Waals surface area (Å²) in [7, 11) is -17.8. The van der Waals surface area contributed by atoms with Crippen LogP contribution in [0.3, 0.4) is 0 Å². The van der Waals surface area contributed by atoms with Crippen LogP contribution in [0.1, 0.15) is 0 Å². The SMILES string of the molecule is O=S(=O)(O)c1ccc(SP(Sc2ccc(S(=O)(=O)O)cc2)c2ccccc2P(Sc2ccc(S(=O)(=O)O)cc2)Sc2ccc(S(=O)(=O)O)cc2)cc1. The molecule has 0 aliphatic rings. The molecule has 22 heteroatoms. The lowest BCUT2D eigenvalue weighted by Crippen LogP contribution is -2.18. The van der Waals surface area contributed by atoms with E-state index in [4.69, 9.17) is 0 Å². The first-order valence-electron chi connectivity index (χ1n) is 14.0. The normalized spacial score (nSPS) is 12.7. The highest BCUT2D eigenvalue weighted by molar-refractivity contribution is 8.92. The van der Waals surface area contributed by atoms with Crippen LogP contribution in [0.5, 0.6) is 0 Å². The first-order chi connectivity index (χ1) is 24.3. The molecule has 0 fully saturated rings. The largest absolute Gasteiger partial charge is 0.294 e. The molecule has 5 aromatic carbocycles. The Hall–Kier alpha value is -2.00. The molecule has 0 heterocycles. The van der Waals surface area contributed by atoms with E-state index >= 15 is 0 Å². The number of rotatable bonds is 14. The van der Waals surface area contributed by atoms with Gasteiger partial charge in [0.15, 0.2) is 0 Å². The van der Waals surface area contributed by atoms with Gasteiger partial charge in [-0.15, -0.1) is 0 Å². The minimum atomic E-state index is -4.44. The summed E-state index contributed by atoms with van der Waals surface area (Å²) in [6.45, 7) is 0. The van der Waals surface area contributed by atoms with Gasteiger partial charge in [0.2, 0.25) is 0 Å². The van der Waals surface area contributed by atoms with Crippen LogP contribution in [0.4, 0.5) is 0 Å². The molecule has 0 atom stereocenters. The van der Waals surface area contributed by atoms with Crippen LogP contribution in [-0.4, -0.2) is 51.9 Å². The quantitative estimate of drug-likeness (QED) is 0.0620. The minimum absolute atomic E-state index is 0.286. The van der Waals surface area contributed by atoms with Gasteiger partial charge in [-0.1, -0.05) is 69.8 Å². The molecule has 0 saturated heterocycles. The maximum absolute atomic E-state index is 11.7. The maximum Gasteiger partial charge on any atom is 0.294 e. The molecule has 274 valence electrons. The van der Waals surface area contributed by atoms with Crippen LogP contribution >= 0.6 is 58.2 Å². The molecule has 5 rings (SSSR count). The van der Waals surface area contributed by atoms with Gasteiger partial charge in [0.1, 0.15) is 0 Å². The van der Waals surface area contributed by atoms with Gasteiger partial charge in [0, 0.05) is 30.2 Å². The van der Waals surface area contributed by atoms with E-state index in [9.17, 15) is 51.9 Å². The highest BCUT2D eigenvalue weighted by Crippen LogP contribution is 2.69. The zero-order chi connectivity index (χ0) is 37.9. The molecule has 0 bridgehead atoms. The Labute approximate surface area is 319 Å². The van der Waals surface area contributed by atoms with Gasteiger partial charge in [-0.25, -0.2) is 0 Å². The van der Waals surface area contributed by atoms with Gasteiger partial charge in [-0.2, -0.15) is 33.7 Å². The van der Waals surface area contributed by atoms with Crippen LogP contribution in [0.15, 0.2) is 160 Å². The summed E-state index contributed by atoms with van der Waals surface area (Å²) in [4.78, 5) is 1.47. The smallest absolute Gasteiger partial charge is 0.282 e. The molecule has 0 aromatic heterocycles. The third kappa shape index (κ3) is 11.3. The highest BCUT2D eigenvalue weighted by Gasteiger charge is 2.26. The lowest BCUT2D eigenvalue weighted by Gasteiger charge is -2.24. The Balaban J connectivity index is 1.59. The average Bonchev–Trinajstić information content (AvgIpc) is 3.07. The Bertz CT molecular complexity index is 2170. The lowest BCUT2D eigenvalue weighted by molar-refractivity contribution is 0.481. The number of hydrogen-bond donors (Lipinski definition) is 4. The van der Waals surface area contributed by atoms with E-state index < -0.39 is 53.1 Å². The van der Waals surface area contributed by atoms with E-state index in [1.807, 2.05) is 24.3 Å². The van der Waals surface area contributed by atoms with Crippen molar-refractivity contribution in [2.24, 2.45) is 0 Å². The lowest BCUT2D eigenvalue weighted by atomic mass is 10.4. The second-order valence-corrected chi connectivity index (χ2v) is 28.4. The second-order valence-electron chi connectivity index (χ2n) is 10.2.